The SMILES string of the molecule is CCCNCc1cccc(Cl)c1N(C)Cc1ccco1. The first-order valence-corrected chi connectivity index (χ1v) is 7.31. The molecule has 2 rings (SSSR count). The molecule has 3 nitrogen and oxygen atoms in total. The molecule has 1 heterocycles. The zero-order valence-electron chi connectivity index (χ0n) is 12.0. The molecular weight excluding hydrogens is 272 g/mol. The molecule has 0 amide bonds. The molecule has 0 bridgehead atoms. The monoisotopic (exact) mass is 292 g/mol. The van der Waals surface area contributed by atoms with Gasteiger partial charge in [0.1, 0.15) is 5.76 Å². The van der Waals surface area contributed by atoms with E-state index < -0.39 is 0 Å². The minimum absolute atomic E-state index is 0.706. The topological polar surface area (TPSA) is 28.4 Å². The van der Waals surface area contributed by atoms with Crippen LogP contribution in [-0.2, 0) is 13.1 Å². The van der Waals surface area contributed by atoms with Crippen molar-refractivity contribution < 1.29 is 4.42 Å². The van der Waals surface area contributed by atoms with Gasteiger partial charge in [-0.25, -0.2) is 0 Å². The molecule has 20 heavy (non-hydrogen) atoms. The lowest BCUT2D eigenvalue weighted by Gasteiger charge is -2.23. The first-order chi connectivity index (χ1) is 9.72. The van der Waals surface area contributed by atoms with Crippen molar-refractivity contribution in [3.8, 4) is 0 Å². The molecule has 0 atom stereocenters. The van der Waals surface area contributed by atoms with Crippen molar-refractivity contribution in [3.63, 3.8) is 0 Å². The Labute approximate surface area is 125 Å². The van der Waals surface area contributed by atoms with E-state index >= 15 is 0 Å². The van der Waals surface area contributed by atoms with Gasteiger partial charge in [-0.2, -0.15) is 0 Å². The molecule has 0 aliphatic rings. The standard InChI is InChI=1S/C16H21ClN2O/c1-3-9-18-11-13-6-4-8-15(17)16(13)19(2)12-14-7-5-10-20-14/h4-8,10,18H,3,9,11-12H2,1-2H3. The fourth-order valence-corrected chi connectivity index (χ4v) is 2.58. The van der Waals surface area contributed by atoms with Crippen molar-refractivity contribution >= 4 is 17.3 Å². The van der Waals surface area contributed by atoms with Crippen molar-refractivity contribution in [2.45, 2.75) is 26.4 Å². The first kappa shape index (κ1) is 14.9. The molecule has 0 spiro atoms. The fourth-order valence-electron chi connectivity index (χ4n) is 2.25. The second-order valence-corrected chi connectivity index (χ2v) is 5.27. The molecule has 108 valence electrons. The highest BCUT2D eigenvalue weighted by molar-refractivity contribution is 6.33. The van der Waals surface area contributed by atoms with Crippen LogP contribution in [0.4, 0.5) is 5.69 Å². The Kier molecular flexibility index (Phi) is 5.50. The molecule has 0 radical (unpaired) electrons. The molecule has 0 aliphatic heterocycles. The number of rotatable bonds is 7. The summed E-state index contributed by atoms with van der Waals surface area (Å²) in [6, 6.07) is 9.92. The third kappa shape index (κ3) is 3.78. The number of anilines is 1. The minimum Gasteiger partial charge on any atom is -0.467 e. The molecule has 4 heteroatoms. The van der Waals surface area contributed by atoms with Gasteiger partial charge in [0, 0.05) is 13.6 Å². The van der Waals surface area contributed by atoms with Crippen LogP contribution in [0.15, 0.2) is 41.0 Å². The van der Waals surface area contributed by atoms with E-state index in [9.17, 15) is 0 Å². The molecular formula is C16H21ClN2O. The van der Waals surface area contributed by atoms with Crippen LogP contribution in [0.5, 0.6) is 0 Å². The summed E-state index contributed by atoms with van der Waals surface area (Å²) in [5.74, 6) is 0.930. The van der Waals surface area contributed by atoms with Gasteiger partial charge in [0.15, 0.2) is 0 Å². The van der Waals surface area contributed by atoms with Crippen LogP contribution in [0.25, 0.3) is 0 Å². The lowest BCUT2D eigenvalue weighted by Crippen LogP contribution is -2.21. The molecule has 1 aromatic carbocycles. The van der Waals surface area contributed by atoms with Crippen LogP contribution in [0.1, 0.15) is 24.7 Å². The van der Waals surface area contributed by atoms with Gasteiger partial charge in [0.2, 0.25) is 0 Å². The number of benzene rings is 1. The van der Waals surface area contributed by atoms with Gasteiger partial charge in [-0.3, -0.25) is 0 Å². The number of nitrogens with zero attached hydrogens (tertiary/aromatic N) is 1. The van der Waals surface area contributed by atoms with E-state index in [0.29, 0.717) is 6.54 Å². The lowest BCUT2D eigenvalue weighted by atomic mass is 10.1. The summed E-state index contributed by atoms with van der Waals surface area (Å²) >= 11 is 6.38. The number of halogens is 1. The molecule has 0 unspecified atom stereocenters. The van der Waals surface area contributed by atoms with E-state index in [4.69, 9.17) is 16.0 Å². The Morgan fingerprint density at radius 1 is 1.25 bits per heavy atom. The van der Waals surface area contributed by atoms with Gasteiger partial charge < -0.3 is 14.6 Å². The predicted molar refractivity (Wildman–Crippen MR) is 84.3 cm³/mol. The van der Waals surface area contributed by atoms with Gasteiger partial charge in [-0.05, 0) is 36.7 Å². The number of hydrogen-bond acceptors (Lipinski definition) is 3. The Morgan fingerprint density at radius 3 is 2.80 bits per heavy atom. The fraction of sp³-hybridized carbons (Fsp3) is 0.375. The number of para-hydroxylation sites is 1. The van der Waals surface area contributed by atoms with Crippen LogP contribution in [0, 0.1) is 0 Å². The van der Waals surface area contributed by atoms with Gasteiger partial charge in [0.05, 0.1) is 23.5 Å². The Hall–Kier alpha value is -1.45. The maximum atomic E-state index is 6.38. The maximum Gasteiger partial charge on any atom is 0.123 e. The van der Waals surface area contributed by atoms with Crippen molar-refractivity contribution in [2.24, 2.45) is 0 Å². The predicted octanol–water partition coefficient (Wildman–Crippen LogP) is 4.07. The summed E-state index contributed by atoms with van der Waals surface area (Å²) in [5, 5.41) is 4.20. The van der Waals surface area contributed by atoms with E-state index in [1.165, 1.54) is 5.56 Å². The van der Waals surface area contributed by atoms with Gasteiger partial charge in [0.25, 0.3) is 0 Å². The van der Waals surface area contributed by atoms with Crippen molar-refractivity contribution in [3.05, 3.63) is 52.9 Å². The van der Waals surface area contributed by atoms with E-state index in [0.717, 1.165) is 36.0 Å². The minimum atomic E-state index is 0.706. The Morgan fingerprint density at radius 2 is 2.10 bits per heavy atom. The zero-order chi connectivity index (χ0) is 14.4. The lowest BCUT2D eigenvalue weighted by molar-refractivity contribution is 0.507. The number of nitrogens with one attached hydrogen (secondary N) is 1. The largest absolute Gasteiger partial charge is 0.467 e. The number of hydrogen-bond donors (Lipinski definition) is 1. The van der Waals surface area contributed by atoms with E-state index in [1.807, 2.05) is 31.3 Å². The molecule has 0 fully saturated rings. The summed E-state index contributed by atoms with van der Waals surface area (Å²) < 4.78 is 5.40. The van der Waals surface area contributed by atoms with E-state index in [-0.39, 0.29) is 0 Å². The second kappa shape index (κ2) is 7.36. The van der Waals surface area contributed by atoms with Crippen LogP contribution < -0.4 is 10.2 Å². The second-order valence-electron chi connectivity index (χ2n) is 4.86. The zero-order valence-corrected chi connectivity index (χ0v) is 12.8. The van der Waals surface area contributed by atoms with E-state index in [1.54, 1.807) is 6.26 Å². The van der Waals surface area contributed by atoms with Crippen molar-refractivity contribution in [1.82, 2.24) is 5.32 Å². The molecule has 0 saturated heterocycles. The van der Waals surface area contributed by atoms with Crippen LogP contribution in [0.3, 0.4) is 0 Å². The summed E-state index contributed by atoms with van der Waals surface area (Å²) in [4.78, 5) is 2.13. The highest BCUT2D eigenvalue weighted by Crippen LogP contribution is 2.30. The average Bonchev–Trinajstić information content (AvgIpc) is 2.92. The summed E-state index contributed by atoms with van der Waals surface area (Å²) in [7, 11) is 2.03. The maximum absolute atomic E-state index is 6.38. The van der Waals surface area contributed by atoms with Crippen molar-refractivity contribution in [2.75, 3.05) is 18.5 Å². The molecule has 1 aromatic heterocycles. The number of furan rings is 1. The summed E-state index contributed by atoms with van der Waals surface area (Å²) in [6.07, 6.45) is 2.82. The smallest absolute Gasteiger partial charge is 0.123 e. The van der Waals surface area contributed by atoms with Crippen LogP contribution in [0.2, 0.25) is 5.02 Å². The molecule has 0 saturated carbocycles. The summed E-state index contributed by atoms with van der Waals surface area (Å²) in [5.41, 5.74) is 2.27. The highest BCUT2D eigenvalue weighted by atomic mass is 35.5. The molecule has 0 aliphatic carbocycles. The highest BCUT2D eigenvalue weighted by Gasteiger charge is 2.12. The molecule has 2 aromatic rings. The van der Waals surface area contributed by atoms with Crippen LogP contribution in [-0.4, -0.2) is 13.6 Å². The van der Waals surface area contributed by atoms with Crippen molar-refractivity contribution in [1.29, 1.82) is 0 Å². The third-order valence-electron chi connectivity index (χ3n) is 3.17. The summed E-state index contributed by atoms with van der Waals surface area (Å²) in [6.45, 7) is 4.70. The Balaban J connectivity index is 2.15. The Bertz CT molecular complexity index is 525. The van der Waals surface area contributed by atoms with Crippen LogP contribution >= 0.6 is 11.6 Å². The van der Waals surface area contributed by atoms with E-state index in [2.05, 4.69) is 23.2 Å². The quantitative estimate of drug-likeness (QED) is 0.780. The first-order valence-electron chi connectivity index (χ1n) is 6.94. The normalized spacial score (nSPS) is 10.8. The molecule has 1 N–H and O–H groups in total. The van der Waals surface area contributed by atoms with Gasteiger partial charge >= 0.3 is 0 Å². The third-order valence-corrected chi connectivity index (χ3v) is 3.47. The van der Waals surface area contributed by atoms with Gasteiger partial charge in [-0.1, -0.05) is 30.7 Å². The average molecular weight is 293 g/mol. The van der Waals surface area contributed by atoms with Gasteiger partial charge in [-0.15, -0.1) is 0 Å².